The van der Waals surface area contributed by atoms with E-state index in [2.05, 4.69) is 14.9 Å². The summed E-state index contributed by atoms with van der Waals surface area (Å²) in [6.07, 6.45) is -11.0. The number of rotatable bonds is 3. The highest BCUT2D eigenvalue weighted by Crippen LogP contribution is 2.39. The highest BCUT2D eigenvalue weighted by Gasteiger charge is 2.43. The second-order valence-electron chi connectivity index (χ2n) is 3.51. The molecule has 8 nitrogen and oxygen atoms in total. The maximum Gasteiger partial charge on any atom is 0.574 e. The summed E-state index contributed by atoms with van der Waals surface area (Å²) in [5, 5.41) is 12.9. The fourth-order valence-electron chi connectivity index (χ4n) is 1.21. The van der Waals surface area contributed by atoms with E-state index in [1.165, 1.54) is 0 Å². The number of aromatic nitrogens is 1. The lowest BCUT2D eigenvalue weighted by Gasteiger charge is -2.13. The van der Waals surface area contributed by atoms with E-state index in [1.54, 1.807) is 0 Å². The van der Waals surface area contributed by atoms with Crippen LogP contribution in [-0.4, -0.2) is 24.7 Å². The SMILES string of the molecule is NS(=O)(=O)c1nc(OC(F)(F)F)c([N+](=O)[O-])cc1C(F)(F)F. The maximum atomic E-state index is 12.6. The van der Waals surface area contributed by atoms with Crippen molar-refractivity contribution in [2.45, 2.75) is 17.6 Å². The Morgan fingerprint density at radius 2 is 1.73 bits per heavy atom. The fraction of sp³-hybridized carbons (Fsp3) is 0.286. The van der Waals surface area contributed by atoms with Crippen LogP contribution in [0.3, 0.4) is 0 Å². The van der Waals surface area contributed by atoms with Gasteiger partial charge in [-0.15, -0.1) is 13.2 Å². The van der Waals surface area contributed by atoms with E-state index in [4.69, 9.17) is 0 Å². The van der Waals surface area contributed by atoms with Crippen LogP contribution in [-0.2, 0) is 16.2 Å². The number of alkyl halides is 6. The van der Waals surface area contributed by atoms with Gasteiger partial charge in [-0.2, -0.15) is 18.2 Å². The monoisotopic (exact) mass is 355 g/mol. The Labute approximate surface area is 116 Å². The predicted molar refractivity (Wildman–Crippen MR) is 53.9 cm³/mol. The van der Waals surface area contributed by atoms with Crippen molar-refractivity contribution in [2.75, 3.05) is 0 Å². The number of hydrogen-bond donors (Lipinski definition) is 1. The van der Waals surface area contributed by atoms with Gasteiger partial charge in [0, 0.05) is 6.07 Å². The standard InChI is InChI=1S/C7H3F6N3O5S/c8-6(9,10)2-1-3(16(17)18)4(21-7(11,12)13)15-5(2)22(14,19)20/h1H,(H2,14,19,20). The third-order valence-electron chi connectivity index (χ3n) is 1.92. The van der Waals surface area contributed by atoms with Crippen LogP contribution in [0.1, 0.15) is 5.56 Å². The van der Waals surface area contributed by atoms with Gasteiger partial charge in [0.1, 0.15) is 5.56 Å². The second kappa shape index (κ2) is 5.24. The van der Waals surface area contributed by atoms with Crippen molar-refractivity contribution in [3.05, 3.63) is 21.7 Å². The quantitative estimate of drug-likeness (QED) is 0.498. The first-order valence-corrected chi connectivity index (χ1v) is 6.22. The predicted octanol–water partition coefficient (Wildman–Crippen LogP) is 1.55. The van der Waals surface area contributed by atoms with E-state index in [0.717, 1.165) is 0 Å². The molecule has 124 valence electrons. The lowest BCUT2D eigenvalue weighted by Crippen LogP contribution is -2.24. The van der Waals surface area contributed by atoms with Gasteiger partial charge < -0.3 is 4.74 Å². The fourth-order valence-corrected chi connectivity index (χ4v) is 1.90. The number of nitro groups is 1. The lowest BCUT2D eigenvalue weighted by atomic mass is 10.2. The van der Waals surface area contributed by atoms with Gasteiger partial charge in [0.05, 0.1) is 4.92 Å². The van der Waals surface area contributed by atoms with Crippen LogP contribution in [0.25, 0.3) is 0 Å². The molecule has 0 fully saturated rings. The van der Waals surface area contributed by atoms with Crippen molar-refractivity contribution in [3.63, 3.8) is 0 Å². The van der Waals surface area contributed by atoms with E-state index >= 15 is 0 Å². The average molecular weight is 355 g/mol. The van der Waals surface area contributed by atoms with Crippen LogP contribution in [0, 0.1) is 10.1 Å². The Bertz CT molecular complexity index is 713. The van der Waals surface area contributed by atoms with Crippen molar-refractivity contribution in [1.82, 2.24) is 4.98 Å². The van der Waals surface area contributed by atoms with Gasteiger partial charge in [0.25, 0.3) is 10.0 Å². The number of halogens is 6. The van der Waals surface area contributed by atoms with Gasteiger partial charge in [-0.3, -0.25) is 10.1 Å². The topological polar surface area (TPSA) is 125 Å². The number of hydrogen-bond acceptors (Lipinski definition) is 6. The van der Waals surface area contributed by atoms with E-state index < -0.39 is 55.7 Å². The Balaban J connectivity index is 3.77. The van der Waals surface area contributed by atoms with Gasteiger partial charge in [0.15, 0.2) is 5.03 Å². The molecule has 0 aromatic carbocycles. The largest absolute Gasteiger partial charge is 0.574 e. The highest BCUT2D eigenvalue weighted by atomic mass is 32.2. The van der Waals surface area contributed by atoms with Crippen LogP contribution in [0.15, 0.2) is 11.1 Å². The summed E-state index contributed by atoms with van der Waals surface area (Å²) in [6, 6.07) is -0.464. The van der Waals surface area contributed by atoms with Gasteiger partial charge in [-0.05, 0) is 0 Å². The molecule has 2 N–H and O–H groups in total. The molecule has 1 heterocycles. The minimum absolute atomic E-state index is 0.464. The molecule has 0 atom stereocenters. The minimum atomic E-state index is -5.56. The molecule has 0 radical (unpaired) electrons. The van der Waals surface area contributed by atoms with Crippen LogP contribution in [0.2, 0.25) is 0 Å². The Hall–Kier alpha value is -2.16. The van der Waals surface area contributed by atoms with Crippen molar-refractivity contribution in [1.29, 1.82) is 0 Å². The molecule has 15 heteroatoms. The normalized spacial score (nSPS) is 13.0. The number of nitrogens with two attached hydrogens (primary N) is 1. The van der Waals surface area contributed by atoms with Crippen molar-refractivity contribution in [3.8, 4) is 5.88 Å². The van der Waals surface area contributed by atoms with Crippen molar-refractivity contribution >= 4 is 15.7 Å². The van der Waals surface area contributed by atoms with Gasteiger partial charge in [-0.25, -0.2) is 13.6 Å². The number of ether oxygens (including phenoxy) is 1. The molecular weight excluding hydrogens is 352 g/mol. The summed E-state index contributed by atoms with van der Waals surface area (Å²) >= 11 is 0. The van der Waals surface area contributed by atoms with Gasteiger partial charge >= 0.3 is 24.1 Å². The summed E-state index contributed by atoms with van der Waals surface area (Å²) in [7, 11) is -5.24. The van der Waals surface area contributed by atoms with E-state index in [9.17, 15) is 44.9 Å². The first kappa shape index (κ1) is 17.9. The highest BCUT2D eigenvalue weighted by molar-refractivity contribution is 7.89. The van der Waals surface area contributed by atoms with Crippen LogP contribution in [0.5, 0.6) is 5.88 Å². The van der Waals surface area contributed by atoms with Gasteiger partial charge in [0.2, 0.25) is 0 Å². The molecule has 0 saturated heterocycles. The number of sulfonamides is 1. The van der Waals surface area contributed by atoms with Crippen LogP contribution < -0.4 is 9.88 Å². The van der Waals surface area contributed by atoms with E-state index in [0.29, 0.717) is 0 Å². The van der Waals surface area contributed by atoms with Gasteiger partial charge in [-0.1, -0.05) is 0 Å². The number of pyridine rings is 1. The molecule has 0 bridgehead atoms. The maximum absolute atomic E-state index is 12.6. The van der Waals surface area contributed by atoms with Crippen molar-refractivity contribution in [2.24, 2.45) is 5.14 Å². The summed E-state index contributed by atoms with van der Waals surface area (Å²) < 4.78 is 99.2. The molecule has 0 aliphatic carbocycles. The molecule has 22 heavy (non-hydrogen) atoms. The summed E-state index contributed by atoms with van der Waals surface area (Å²) in [5.74, 6) is -1.99. The molecule has 1 aromatic heterocycles. The zero-order valence-corrected chi connectivity index (χ0v) is 10.6. The number of primary sulfonamides is 1. The molecule has 0 aliphatic rings. The third kappa shape index (κ3) is 4.17. The molecule has 1 rings (SSSR count). The molecule has 0 aliphatic heterocycles. The third-order valence-corrected chi connectivity index (χ3v) is 2.77. The zero-order chi connectivity index (χ0) is 17.5. The summed E-state index contributed by atoms with van der Waals surface area (Å²) in [4.78, 5) is 11.3. The lowest BCUT2D eigenvalue weighted by molar-refractivity contribution is -0.389. The smallest absolute Gasteiger partial charge is 0.381 e. The molecule has 0 saturated carbocycles. The molecule has 0 unspecified atom stereocenters. The molecule has 0 amide bonds. The Morgan fingerprint density at radius 1 is 1.23 bits per heavy atom. The molecule has 0 spiro atoms. The summed E-state index contributed by atoms with van der Waals surface area (Å²) in [6.45, 7) is 0. The van der Waals surface area contributed by atoms with Crippen LogP contribution >= 0.6 is 0 Å². The van der Waals surface area contributed by atoms with E-state index in [1.807, 2.05) is 0 Å². The number of nitrogens with zero attached hydrogens (tertiary/aromatic N) is 2. The second-order valence-corrected chi connectivity index (χ2v) is 4.99. The zero-order valence-electron chi connectivity index (χ0n) is 9.77. The molecular formula is C7H3F6N3O5S. The summed E-state index contributed by atoms with van der Waals surface area (Å²) in [5.41, 5.74) is -4.03. The van der Waals surface area contributed by atoms with E-state index in [-0.39, 0.29) is 0 Å². The Kier molecular flexibility index (Phi) is 4.26. The average Bonchev–Trinajstić information content (AvgIpc) is 2.22. The minimum Gasteiger partial charge on any atom is -0.381 e. The Morgan fingerprint density at radius 3 is 2.05 bits per heavy atom. The van der Waals surface area contributed by atoms with Crippen molar-refractivity contribution < 1.29 is 44.4 Å². The first-order valence-electron chi connectivity index (χ1n) is 4.68. The first-order chi connectivity index (χ1) is 9.63. The van der Waals surface area contributed by atoms with Crippen LogP contribution in [0.4, 0.5) is 32.0 Å². The molecule has 1 aromatic rings.